The highest BCUT2D eigenvalue weighted by Gasteiger charge is 2.26. The molecule has 0 unspecified atom stereocenters. The Kier molecular flexibility index (Phi) is 7.43. The van der Waals surface area contributed by atoms with E-state index in [-0.39, 0.29) is 33.7 Å². The average molecular weight is 424 g/mol. The number of carboxylic acids is 1. The fraction of sp³-hybridized carbons (Fsp3) is 0.250. The van der Waals surface area contributed by atoms with Gasteiger partial charge in [0.15, 0.2) is 0 Å². The van der Waals surface area contributed by atoms with Gasteiger partial charge in [0.25, 0.3) is 5.91 Å². The Balaban J connectivity index is 2.25. The lowest BCUT2D eigenvalue weighted by atomic mass is 10.0. The number of carbonyl (C=O) groups excluding carboxylic acids is 2. The summed E-state index contributed by atoms with van der Waals surface area (Å²) in [6.07, 6.45) is -0.260. The number of nitrogens with one attached hydrogen (secondary N) is 1. The minimum absolute atomic E-state index is 0.0643. The summed E-state index contributed by atoms with van der Waals surface area (Å²) in [5, 5.41) is 11.9. The van der Waals surface area contributed by atoms with Crippen molar-refractivity contribution in [3.05, 3.63) is 69.2 Å². The first-order valence-electron chi connectivity index (χ1n) is 8.46. The molecule has 0 aliphatic carbocycles. The maximum absolute atomic E-state index is 12.7. The predicted octanol–water partition coefficient (Wildman–Crippen LogP) is 3.98. The van der Waals surface area contributed by atoms with Gasteiger partial charge in [-0.2, -0.15) is 0 Å². The summed E-state index contributed by atoms with van der Waals surface area (Å²) in [4.78, 5) is 36.1. The number of hydrogen-bond acceptors (Lipinski definition) is 4. The van der Waals surface area contributed by atoms with Crippen LogP contribution in [0.4, 0.5) is 0 Å². The Labute approximate surface area is 172 Å². The number of esters is 1. The summed E-state index contributed by atoms with van der Waals surface area (Å²) in [6.45, 7) is 3.40. The van der Waals surface area contributed by atoms with Crippen molar-refractivity contribution in [3.8, 4) is 0 Å². The van der Waals surface area contributed by atoms with E-state index in [1.807, 2.05) is 0 Å². The van der Waals surface area contributed by atoms with Crippen molar-refractivity contribution in [1.82, 2.24) is 5.32 Å². The van der Waals surface area contributed by atoms with Gasteiger partial charge in [-0.3, -0.25) is 4.79 Å². The minimum Gasteiger partial charge on any atom is -0.478 e. The largest absolute Gasteiger partial charge is 0.478 e. The summed E-state index contributed by atoms with van der Waals surface area (Å²) in [5.41, 5.74) is 0.840. The van der Waals surface area contributed by atoms with Crippen molar-refractivity contribution in [2.75, 3.05) is 0 Å². The standard InChI is InChI=1S/C20H19Cl2NO5/c1-11(2)28-20(27)16(10-12-6-8-13(9-7-12)19(25)26)23-18(24)17-14(21)4-3-5-15(17)22/h3-9,11,16H,10H2,1-2H3,(H,23,24)(H,25,26)/t16-/m0/s1. The highest BCUT2D eigenvalue weighted by atomic mass is 35.5. The monoisotopic (exact) mass is 423 g/mol. The molecule has 0 radical (unpaired) electrons. The Hall–Kier alpha value is -2.57. The number of carboxylic acid groups (broad SMARTS) is 1. The van der Waals surface area contributed by atoms with Gasteiger partial charge in [-0.1, -0.05) is 41.4 Å². The fourth-order valence-electron chi connectivity index (χ4n) is 2.47. The topological polar surface area (TPSA) is 92.7 Å². The van der Waals surface area contributed by atoms with Crippen LogP contribution in [0.5, 0.6) is 0 Å². The van der Waals surface area contributed by atoms with E-state index in [9.17, 15) is 14.4 Å². The SMILES string of the molecule is CC(C)OC(=O)[C@H](Cc1ccc(C(=O)O)cc1)NC(=O)c1c(Cl)cccc1Cl. The molecule has 0 spiro atoms. The number of aromatic carboxylic acids is 1. The van der Waals surface area contributed by atoms with Gasteiger partial charge < -0.3 is 15.2 Å². The van der Waals surface area contributed by atoms with E-state index >= 15 is 0 Å². The Bertz CT molecular complexity index is 860. The molecule has 2 aromatic rings. The van der Waals surface area contributed by atoms with Crippen LogP contribution >= 0.6 is 23.2 Å². The summed E-state index contributed by atoms with van der Waals surface area (Å²) in [7, 11) is 0. The summed E-state index contributed by atoms with van der Waals surface area (Å²) in [5.74, 6) is -2.28. The zero-order valence-corrected chi connectivity index (χ0v) is 16.8. The van der Waals surface area contributed by atoms with Crippen LogP contribution in [-0.2, 0) is 16.0 Å². The van der Waals surface area contributed by atoms with Gasteiger partial charge in [0.1, 0.15) is 6.04 Å². The summed E-state index contributed by atoms with van der Waals surface area (Å²) in [6, 6.07) is 9.66. The molecule has 148 valence electrons. The maximum atomic E-state index is 12.7. The molecular weight excluding hydrogens is 405 g/mol. The smallest absolute Gasteiger partial charge is 0.335 e. The van der Waals surface area contributed by atoms with Gasteiger partial charge in [0, 0.05) is 6.42 Å². The van der Waals surface area contributed by atoms with E-state index in [2.05, 4.69) is 5.32 Å². The van der Waals surface area contributed by atoms with Gasteiger partial charge in [-0.15, -0.1) is 0 Å². The highest BCUT2D eigenvalue weighted by Crippen LogP contribution is 2.24. The first-order valence-corrected chi connectivity index (χ1v) is 9.22. The lowest BCUT2D eigenvalue weighted by Crippen LogP contribution is -2.44. The number of benzene rings is 2. The predicted molar refractivity (Wildman–Crippen MR) is 106 cm³/mol. The van der Waals surface area contributed by atoms with Crippen LogP contribution in [0.1, 0.15) is 40.1 Å². The molecule has 1 atom stereocenters. The Morgan fingerprint density at radius 3 is 2.11 bits per heavy atom. The first kappa shape index (κ1) is 21.7. The van der Waals surface area contributed by atoms with Crippen LogP contribution in [0.15, 0.2) is 42.5 Å². The van der Waals surface area contributed by atoms with Crippen LogP contribution in [0.3, 0.4) is 0 Å². The van der Waals surface area contributed by atoms with Gasteiger partial charge in [0.2, 0.25) is 0 Å². The number of carbonyl (C=O) groups is 3. The number of rotatable bonds is 7. The summed E-state index contributed by atoms with van der Waals surface area (Å²) >= 11 is 12.1. The third-order valence-corrected chi connectivity index (χ3v) is 4.40. The zero-order chi connectivity index (χ0) is 20.8. The molecule has 0 aliphatic rings. The van der Waals surface area contributed by atoms with Gasteiger partial charge in [-0.05, 0) is 43.7 Å². The minimum atomic E-state index is -1.05. The van der Waals surface area contributed by atoms with Crippen LogP contribution in [-0.4, -0.2) is 35.1 Å². The molecule has 0 aromatic heterocycles. The normalized spacial score (nSPS) is 11.8. The van der Waals surface area contributed by atoms with Crippen LogP contribution in [0.25, 0.3) is 0 Å². The molecule has 0 fully saturated rings. The lowest BCUT2D eigenvalue weighted by Gasteiger charge is -2.20. The third-order valence-electron chi connectivity index (χ3n) is 3.77. The number of hydrogen-bond donors (Lipinski definition) is 2. The molecule has 0 saturated carbocycles. The van der Waals surface area contributed by atoms with Crippen molar-refractivity contribution >= 4 is 41.0 Å². The van der Waals surface area contributed by atoms with E-state index < -0.39 is 23.9 Å². The highest BCUT2D eigenvalue weighted by molar-refractivity contribution is 6.39. The van der Waals surface area contributed by atoms with E-state index in [1.165, 1.54) is 24.3 Å². The molecule has 0 heterocycles. The molecule has 2 aromatic carbocycles. The van der Waals surface area contributed by atoms with Crippen molar-refractivity contribution < 1.29 is 24.2 Å². The van der Waals surface area contributed by atoms with E-state index in [1.54, 1.807) is 32.0 Å². The molecule has 6 nitrogen and oxygen atoms in total. The van der Waals surface area contributed by atoms with Crippen molar-refractivity contribution in [2.24, 2.45) is 0 Å². The molecular formula is C20H19Cl2NO5. The maximum Gasteiger partial charge on any atom is 0.335 e. The number of halogens is 2. The third kappa shape index (κ3) is 5.71. The van der Waals surface area contributed by atoms with Gasteiger partial charge in [-0.25, -0.2) is 9.59 Å². The molecule has 2 rings (SSSR count). The quantitative estimate of drug-likeness (QED) is 0.656. The van der Waals surface area contributed by atoms with E-state index in [0.29, 0.717) is 5.56 Å². The van der Waals surface area contributed by atoms with Crippen LogP contribution < -0.4 is 5.32 Å². The van der Waals surface area contributed by atoms with Gasteiger partial charge >= 0.3 is 11.9 Å². The molecule has 2 N–H and O–H groups in total. The van der Waals surface area contributed by atoms with Crippen LogP contribution in [0, 0.1) is 0 Å². The van der Waals surface area contributed by atoms with Crippen molar-refractivity contribution in [1.29, 1.82) is 0 Å². The molecule has 28 heavy (non-hydrogen) atoms. The van der Waals surface area contributed by atoms with E-state index in [4.69, 9.17) is 33.0 Å². The Morgan fingerprint density at radius 1 is 1.04 bits per heavy atom. The van der Waals surface area contributed by atoms with Crippen LogP contribution in [0.2, 0.25) is 10.0 Å². The molecule has 8 heteroatoms. The van der Waals surface area contributed by atoms with Crippen molar-refractivity contribution in [3.63, 3.8) is 0 Å². The first-order chi connectivity index (χ1) is 13.2. The number of amides is 1. The second-order valence-electron chi connectivity index (χ2n) is 6.31. The van der Waals surface area contributed by atoms with Gasteiger partial charge in [0.05, 0.1) is 27.3 Å². The Morgan fingerprint density at radius 2 is 1.61 bits per heavy atom. The zero-order valence-electron chi connectivity index (χ0n) is 15.2. The molecule has 1 amide bonds. The molecule has 0 bridgehead atoms. The number of ether oxygens (including phenoxy) is 1. The van der Waals surface area contributed by atoms with E-state index in [0.717, 1.165) is 0 Å². The fourth-order valence-corrected chi connectivity index (χ4v) is 3.04. The van der Waals surface area contributed by atoms with Crippen molar-refractivity contribution in [2.45, 2.75) is 32.4 Å². The lowest BCUT2D eigenvalue weighted by molar-refractivity contribution is -0.149. The molecule has 0 aliphatic heterocycles. The second kappa shape index (κ2) is 9.57. The molecule has 0 saturated heterocycles. The average Bonchev–Trinajstić information content (AvgIpc) is 2.60. The summed E-state index contributed by atoms with van der Waals surface area (Å²) < 4.78 is 5.23. The second-order valence-corrected chi connectivity index (χ2v) is 7.13.